The molecule has 0 aliphatic rings. The Morgan fingerprint density at radius 3 is 2.33 bits per heavy atom. The predicted octanol–water partition coefficient (Wildman–Crippen LogP) is 5.10. The third-order valence-corrected chi connectivity index (χ3v) is 4.63. The Labute approximate surface area is 140 Å². The molecule has 1 unspecified atom stereocenters. The maximum atomic E-state index is 13.0. The van der Waals surface area contributed by atoms with Crippen molar-refractivity contribution < 1.29 is 13.9 Å². The zero-order valence-electron chi connectivity index (χ0n) is 11.5. The summed E-state index contributed by atoms with van der Waals surface area (Å²) in [6, 6.07) is 12.3. The monoisotopic (exact) mass is 416 g/mol. The van der Waals surface area contributed by atoms with Crippen LogP contribution in [0.5, 0.6) is 5.75 Å². The molecule has 0 spiro atoms. The molecule has 0 heterocycles. The van der Waals surface area contributed by atoms with Gasteiger partial charge in [0.2, 0.25) is 0 Å². The maximum Gasteiger partial charge on any atom is 0.133 e. The van der Waals surface area contributed by atoms with Gasteiger partial charge in [-0.3, -0.25) is 0 Å². The van der Waals surface area contributed by atoms with Crippen LogP contribution in [0.4, 0.5) is 4.39 Å². The van der Waals surface area contributed by atoms with E-state index in [0.29, 0.717) is 13.2 Å². The molecule has 0 amide bonds. The first-order valence-electron chi connectivity index (χ1n) is 6.42. The van der Waals surface area contributed by atoms with Crippen LogP contribution in [0.15, 0.2) is 46.9 Å². The van der Waals surface area contributed by atoms with E-state index in [1.54, 1.807) is 19.2 Å². The van der Waals surface area contributed by atoms with E-state index in [-0.39, 0.29) is 10.6 Å². The van der Waals surface area contributed by atoms with Gasteiger partial charge in [-0.25, -0.2) is 4.39 Å². The lowest BCUT2D eigenvalue weighted by molar-refractivity contribution is 0.146. The fraction of sp³-hybridized carbons (Fsp3) is 0.250. The molecule has 5 heteroatoms. The van der Waals surface area contributed by atoms with E-state index in [0.717, 1.165) is 21.3 Å². The number of hydrogen-bond donors (Lipinski definition) is 0. The molecule has 0 N–H and O–H groups in total. The number of methoxy groups -OCH3 is 1. The van der Waals surface area contributed by atoms with E-state index in [2.05, 4.69) is 31.9 Å². The summed E-state index contributed by atoms with van der Waals surface area (Å²) in [5.74, 6) is 0.538. The van der Waals surface area contributed by atoms with Gasteiger partial charge in [-0.1, -0.05) is 34.1 Å². The van der Waals surface area contributed by atoms with Gasteiger partial charge in [-0.2, -0.15) is 0 Å². The van der Waals surface area contributed by atoms with Gasteiger partial charge < -0.3 is 9.47 Å². The van der Waals surface area contributed by atoms with Crippen LogP contribution in [0.25, 0.3) is 0 Å². The van der Waals surface area contributed by atoms with Gasteiger partial charge in [0.1, 0.15) is 18.2 Å². The van der Waals surface area contributed by atoms with E-state index in [4.69, 9.17) is 9.47 Å². The zero-order chi connectivity index (χ0) is 15.2. The highest BCUT2D eigenvalue weighted by Gasteiger charge is 2.12. The second-order valence-corrected chi connectivity index (χ2v) is 6.22. The lowest BCUT2D eigenvalue weighted by Gasteiger charge is -2.13. The fourth-order valence-electron chi connectivity index (χ4n) is 1.85. The molecular weight excluding hydrogens is 403 g/mol. The summed E-state index contributed by atoms with van der Waals surface area (Å²) in [7, 11) is 1.64. The average Bonchev–Trinajstić information content (AvgIpc) is 2.49. The highest BCUT2D eigenvalue weighted by Crippen LogP contribution is 2.35. The summed E-state index contributed by atoms with van der Waals surface area (Å²) < 4.78 is 24.4. The summed E-state index contributed by atoms with van der Waals surface area (Å²) in [5.41, 5.74) is 2.06. The van der Waals surface area contributed by atoms with Crippen molar-refractivity contribution in [1.29, 1.82) is 0 Å². The van der Waals surface area contributed by atoms with Crippen LogP contribution in [0.3, 0.4) is 0 Å². The van der Waals surface area contributed by atoms with Crippen LogP contribution in [0.1, 0.15) is 16.0 Å². The Kier molecular flexibility index (Phi) is 6.21. The molecule has 0 aromatic heterocycles. The van der Waals surface area contributed by atoms with Crippen molar-refractivity contribution in [3.05, 3.63) is 63.9 Å². The highest BCUT2D eigenvalue weighted by molar-refractivity contribution is 9.10. The topological polar surface area (TPSA) is 18.5 Å². The third kappa shape index (κ3) is 4.53. The molecule has 0 saturated carbocycles. The molecule has 1 atom stereocenters. The molecule has 2 aromatic carbocycles. The van der Waals surface area contributed by atoms with Crippen LogP contribution >= 0.6 is 31.9 Å². The summed E-state index contributed by atoms with van der Waals surface area (Å²) in [5, 5.41) is 0. The Hall–Kier alpha value is -0.910. The fourth-order valence-corrected chi connectivity index (χ4v) is 2.95. The van der Waals surface area contributed by atoms with Crippen LogP contribution in [-0.4, -0.2) is 20.3 Å². The highest BCUT2D eigenvalue weighted by atomic mass is 79.9. The second-order valence-electron chi connectivity index (χ2n) is 4.45. The number of alkyl halides is 1. The van der Waals surface area contributed by atoms with E-state index in [1.165, 1.54) is 12.1 Å². The maximum absolute atomic E-state index is 13.0. The van der Waals surface area contributed by atoms with Crippen LogP contribution < -0.4 is 4.74 Å². The minimum atomic E-state index is -0.235. The van der Waals surface area contributed by atoms with Crippen molar-refractivity contribution in [2.75, 3.05) is 20.3 Å². The van der Waals surface area contributed by atoms with Crippen LogP contribution in [0.2, 0.25) is 0 Å². The Bertz CT molecular complexity index is 587. The summed E-state index contributed by atoms with van der Waals surface area (Å²) in [4.78, 5) is 0.00225. The minimum Gasteiger partial charge on any atom is -0.490 e. The van der Waals surface area contributed by atoms with E-state index >= 15 is 0 Å². The van der Waals surface area contributed by atoms with Crippen molar-refractivity contribution in [3.8, 4) is 5.75 Å². The molecule has 0 aliphatic heterocycles. The molecule has 21 heavy (non-hydrogen) atoms. The molecular formula is C16H15Br2FO2. The lowest BCUT2D eigenvalue weighted by atomic mass is 10.0. The Balaban J connectivity index is 2.13. The smallest absolute Gasteiger partial charge is 0.133 e. The van der Waals surface area contributed by atoms with Gasteiger partial charge in [-0.05, 0) is 51.3 Å². The van der Waals surface area contributed by atoms with Crippen molar-refractivity contribution in [2.24, 2.45) is 0 Å². The van der Waals surface area contributed by atoms with Crippen LogP contribution in [-0.2, 0) is 4.74 Å². The quantitative estimate of drug-likeness (QED) is 0.481. The van der Waals surface area contributed by atoms with Crippen molar-refractivity contribution >= 4 is 31.9 Å². The molecule has 2 nitrogen and oxygen atoms in total. The van der Waals surface area contributed by atoms with Gasteiger partial charge >= 0.3 is 0 Å². The molecule has 0 radical (unpaired) electrons. The number of halogens is 3. The Morgan fingerprint density at radius 2 is 1.71 bits per heavy atom. The first-order chi connectivity index (χ1) is 10.1. The second kappa shape index (κ2) is 7.92. The normalized spacial score (nSPS) is 12.2. The van der Waals surface area contributed by atoms with E-state index in [1.807, 2.05) is 18.2 Å². The first kappa shape index (κ1) is 16.5. The Morgan fingerprint density at radius 1 is 1.05 bits per heavy atom. The summed E-state index contributed by atoms with van der Waals surface area (Å²) >= 11 is 7.14. The molecule has 2 aromatic rings. The predicted molar refractivity (Wildman–Crippen MR) is 88.7 cm³/mol. The van der Waals surface area contributed by atoms with Crippen molar-refractivity contribution in [2.45, 2.75) is 4.83 Å². The molecule has 0 fully saturated rings. The number of benzene rings is 2. The van der Waals surface area contributed by atoms with Gasteiger partial charge in [0.25, 0.3) is 0 Å². The van der Waals surface area contributed by atoms with Crippen molar-refractivity contribution in [3.63, 3.8) is 0 Å². The summed E-state index contributed by atoms with van der Waals surface area (Å²) in [6.07, 6.45) is 0. The molecule has 0 aliphatic carbocycles. The van der Waals surface area contributed by atoms with Gasteiger partial charge in [-0.15, -0.1) is 0 Å². The minimum absolute atomic E-state index is 0.00225. The van der Waals surface area contributed by atoms with Crippen molar-refractivity contribution in [1.82, 2.24) is 0 Å². The molecule has 2 rings (SSSR count). The molecule has 112 valence electrons. The number of rotatable bonds is 6. The van der Waals surface area contributed by atoms with E-state index < -0.39 is 0 Å². The number of ether oxygens (including phenoxy) is 2. The third-order valence-electron chi connectivity index (χ3n) is 2.96. The molecule has 0 saturated heterocycles. The largest absolute Gasteiger partial charge is 0.490 e. The van der Waals surface area contributed by atoms with Gasteiger partial charge in [0.05, 0.1) is 15.9 Å². The van der Waals surface area contributed by atoms with Gasteiger partial charge in [0.15, 0.2) is 0 Å². The van der Waals surface area contributed by atoms with Gasteiger partial charge in [0, 0.05) is 7.11 Å². The standard InChI is InChI=1S/C16H15Br2FO2/c1-20-8-9-21-15-7-4-12(10-14(15)17)16(18)11-2-5-13(19)6-3-11/h2-7,10,16H,8-9H2,1H3. The average molecular weight is 418 g/mol. The molecule has 0 bridgehead atoms. The number of hydrogen-bond acceptors (Lipinski definition) is 2. The van der Waals surface area contributed by atoms with E-state index in [9.17, 15) is 4.39 Å². The van der Waals surface area contributed by atoms with Crippen LogP contribution in [0, 0.1) is 5.82 Å². The summed E-state index contributed by atoms with van der Waals surface area (Å²) in [6.45, 7) is 1.05. The SMILES string of the molecule is COCCOc1ccc(C(Br)c2ccc(F)cc2)cc1Br. The lowest BCUT2D eigenvalue weighted by Crippen LogP contribution is -2.05. The first-order valence-corrected chi connectivity index (χ1v) is 8.13. The zero-order valence-corrected chi connectivity index (χ0v) is 14.7.